The minimum absolute atomic E-state index is 0.0448. The molecule has 0 aliphatic heterocycles. The van der Waals surface area contributed by atoms with Gasteiger partial charge in [0, 0.05) is 17.1 Å². The van der Waals surface area contributed by atoms with Crippen LogP contribution in [0.1, 0.15) is 11.1 Å². The standard InChI is InChI=1S/C16H8F3N3O.C2HF3O2/c17-16(18,19)14-2-1-11(23)4-13(14)12-5-15-10(3-9(12)6-20)7-21-8-22-15;3-2(4,5)1(6)7/h1-5,7-8,23H;(H,6,7). The van der Waals surface area contributed by atoms with Gasteiger partial charge in [-0.05, 0) is 35.9 Å². The number of carboxylic acid groups (broad SMARTS) is 1. The van der Waals surface area contributed by atoms with Gasteiger partial charge in [-0.2, -0.15) is 31.6 Å². The number of carboxylic acids is 1. The maximum Gasteiger partial charge on any atom is 0.490 e. The van der Waals surface area contributed by atoms with Crippen LogP contribution in [0.5, 0.6) is 5.75 Å². The van der Waals surface area contributed by atoms with Crippen molar-refractivity contribution in [2.24, 2.45) is 0 Å². The van der Waals surface area contributed by atoms with Gasteiger partial charge in [0.2, 0.25) is 0 Å². The summed E-state index contributed by atoms with van der Waals surface area (Å²) in [6, 6.07) is 7.43. The molecule has 2 aromatic carbocycles. The Hall–Kier alpha value is -3.88. The van der Waals surface area contributed by atoms with Crippen LogP contribution in [0.3, 0.4) is 0 Å². The first-order valence-electron chi connectivity index (χ1n) is 7.69. The number of carbonyl (C=O) groups is 1. The minimum Gasteiger partial charge on any atom is -0.508 e. The van der Waals surface area contributed by atoms with E-state index in [1.54, 1.807) is 0 Å². The second-order valence-electron chi connectivity index (χ2n) is 5.62. The second kappa shape index (κ2) is 8.24. The van der Waals surface area contributed by atoms with Crippen molar-refractivity contribution < 1.29 is 41.4 Å². The molecule has 0 spiro atoms. The topological polar surface area (TPSA) is 107 Å². The SMILES string of the molecule is N#Cc1cc2cncnc2cc1-c1cc(O)ccc1C(F)(F)F.O=C(O)C(F)(F)F. The predicted molar refractivity (Wildman–Crippen MR) is 90.0 cm³/mol. The van der Waals surface area contributed by atoms with Gasteiger partial charge in [0.15, 0.2) is 0 Å². The maximum atomic E-state index is 13.2. The lowest BCUT2D eigenvalue weighted by molar-refractivity contribution is -0.192. The van der Waals surface area contributed by atoms with Crippen LogP contribution < -0.4 is 0 Å². The highest BCUT2D eigenvalue weighted by atomic mass is 19.4. The van der Waals surface area contributed by atoms with Gasteiger partial charge in [-0.3, -0.25) is 0 Å². The first-order valence-corrected chi connectivity index (χ1v) is 7.69. The zero-order valence-corrected chi connectivity index (χ0v) is 14.5. The Morgan fingerprint density at radius 2 is 1.67 bits per heavy atom. The molecule has 1 heterocycles. The molecule has 0 saturated carbocycles. The van der Waals surface area contributed by atoms with Crippen molar-refractivity contribution >= 4 is 16.9 Å². The van der Waals surface area contributed by atoms with E-state index in [2.05, 4.69) is 9.97 Å². The second-order valence-corrected chi connectivity index (χ2v) is 5.62. The molecular weight excluding hydrogens is 420 g/mol. The quantitative estimate of drug-likeness (QED) is 0.551. The number of phenolic OH excluding ortho intramolecular Hbond substituents is 1. The van der Waals surface area contributed by atoms with Gasteiger partial charge in [0.25, 0.3) is 0 Å². The third kappa shape index (κ3) is 5.13. The van der Waals surface area contributed by atoms with E-state index >= 15 is 0 Å². The van der Waals surface area contributed by atoms with Gasteiger partial charge in [-0.25, -0.2) is 14.8 Å². The number of hydrogen-bond donors (Lipinski definition) is 2. The highest BCUT2D eigenvalue weighted by molar-refractivity contribution is 5.88. The van der Waals surface area contributed by atoms with Gasteiger partial charge >= 0.3 is 18.3 Å². The lowest BCUT2D eigenvalue weighted by Gasteiger charge is -2.15. The van der Waals surface area contributed by atoms with Crippen LogP contribution in [0.15, 0.2) is 42.9 Å². The fraction of sp³-hybridized carbons (Fsp3) is 0.111. The van der Waals surface area contributed by atoms with Crippen molar-refractivity contribution in [3.05, 3.63) is 54.0 Å². The molecule has 0 radical (unpaired) electrons. The Balaban J connectivity index is 0.000000396. The highest BCUT2D eigenvalue weighted by Crippen LogP contribution is 2.40. The van der Waals surface area contributed by atoms with E-state index in [-0.39, 0.29) is 22.4 Å². The minimum atomic E-state index is -5.08. The molecule has 2 N–H and O–H groups in total. The smallest absolute Gasteiger partial charge is 0.490 e. The fourth-order valence-corrected chi connectivity index (χ4v) is 2.35. The van der Waals surface area contributed by atoms with E-state index in [1.807, 2.05) is 6.07 Å². The molecule has 3 aromatic rings. The number of fused-ring (bicyclic) bond motifs is 1. The number of aromatic nitrogens is 2. The van der Waals surface area contributed by atoms with E-state index in [9.17, 15) is 36.7 Å². The van der Waals surface area contributed by atoms with Crippen LogP contribution in [0.4, 0.5) is 26.3 Å². The molecule has 0 saturated heterocycles. The molecule has 0 bridgehead atoms. The first kappa shape index (κ1) is 22.4. The van der Waals surface area contributed by atoms with Crippen molar-refractivity contribution in [2.75, 3.05) is 0 Å². The number of halogens is 6. The Kier molecular flexibility index (Phi) is 6.15. The number of benzene rings is 2. The molecule has 12 heteroatoms. The van der Waals surface area contributed by atoms with E-state index in [0.29, 0.717) is 10.9 Å². The molecule has 6 nitrogen and oxygen atoms in total. The number of nitrogens with zero attached hydrogens (tertiary/aromatic N) is 3. The average molecular weight is 429 g/mol. The summed E-state index contributed by atoms with van der Waals surface area (Å²) in [4.78, 5) is 16.7. The first-order chi connectivity index (χ1) is 13.8. The number of rotatable bonds is 1. The molecule has 1 aromatic heterocycles. The summed E-state index contributed by atoms with van der Waals surface area (Å²) in [7, 11) is 0. The Labute approximate surface area is 163 Å². The monoisotopic (exact) mass is 429 g/mol. The number of aromatic hydroxyl groups is 1. The molecule has 30 heavy (non-hydrogen) atoms. The molecule has 3 rings (SSSR count). The van der Waals surface area contributed by atoms with Crippen LogP contribution in [0, 0.1) is 11.3 Å². The zero-order chi connectivity index (χ0) is 22.7. The van der Waals surface area contributed by atoms with E-state index in [4.69, 9.17) is 9.90 Å². The fourth-order valence-electron chi connectivity index (χ4n) is 2.35. The van der Waals surface area contributed by atoms with Crippen LogP contribution in [-0.2, 0) is 11.0 Å². The Morgan fingerprint density at radius 3 is 2.20 bits per heavy atom. The van der Waals surface area contributed by atoms with Crippen molar-refractivity contribution in [1.82, 2.24) is 9.97 Å². The van der Waals surface area contributed by atoms with Crippen LogP contribution in [0.25, 0.3) is 22.0 Å². The number of nitriles is 1. The van der Waals surface area contributed by atoms with Gasteiger partial charge in [0.05, 0.1) is 22.7 Å². The van der Waals surface area contributed by atoms with Crippen LogP contribution in [0.2, 0.25) is 0 Å². The number of alkyl halides is 6. The molecule has 0 amide bonds. The third-order valence-corrected chi connectivity index (χ3v) is 3.61. The van der Waals surface area contributed by atoms with Crippen molar-refractivity contribution in [1.29, 1.82) is 5.26 Å². The summed E-state index contributed by atoms with van der Waals surface area (Å²) in [6.45, 7) is 0. The maximum absolute atomic E-state index is 13.2. The summed E-state index contributed by atoms with van der Waals surface area (Å²) in [5, 5.41) is 26.5. The molecule has 0 aliphatic rings. The molecule has 156 valence electrons. The highest BCUT2D eigenvalue weighted by Gasteiger charge is 2.38. The molecule has 0 unspecified atom stereocenters. The molecular formula is C18H9F6N3O3. The Morgan fingerprint density at radius 1 is 1.03 bits per heavy atom. The van der Waals surface area contributed by atoms with Crippen LogP contribution in [-0.4, -0.2) is 32.3 Å². The summed E-state index contributed by atoms with van der Waals surface area (Å²) in [5.74, 6) is -3.08. The summed E-state index contributed by atoms with van der Waals surface area (Å²) in [6.07, 6.45) is -6.96. The predicted octanol–water partition coefficient (Wildman–Crippen LogP) is 4.53. The van der Waals surface area contributed by atoms with E-state index < -0.39 is 23.9 Å². The largest absolute Gasteiger partial charge is 0.508 e. The molecule has 0 fully saturated rings. The van der Waals surface area contributed by atoms with Gasteiger partial charge in [-0.15, -0.1) is 0 Å². The van der Waals surface area contributed by atoms with E-state index in [0.717, 1.165) is 18.2 Å². The molecule has 0 atom stereocenters. The van der Waals surface area contributed by atoms with Crippen molar-refractivity contribution in [3.8, 4) is 22.9 Å². The lowest BCUT2D eigenvalue weighted by atomic mass is 9.94. The zero-order valence-electron chi connectivity index (χ0n) is 14.5. The third-order valence-electron chi connectivity index (χ3n) is 3.61. The summed E-state index contributed by atoms with van der Waals surface area (Å²) < 4.78 is 71.4. The average Bonchev–Trinajstić information content (AvgIpc) is 2.65. The van der Waals surface area contributed by atoms with Crippen molar-refractivity contribution in [2.45, 2.75) is 12.4 Å². The lowest BCUT2D eigenvalue weighted by Crippen LogP contribution is -2.21. The number of aliphatic carboxylic acids is 1. The van der Waals surface area contributed by atoms with Gasteiger partial charge in [-0.1, -0.05) is 0 Å². The molecule has 0 aliphatic carbocycles. The van der Waals surface area contributed by atoms with Gasteiger partial charge < -0.3 is 10.2 Å². The Bertz CT molecular complexity index is 1140. The van der Waals surface area contributed by atoms with E-state index in [1.165, 1.54) is 24.7 Å². The normalized spacial score (nSPS) is 11.4. The number of phenols is 1. The summed E-state index contributed by atoms with van der Waals surface area (Å²) >= 11 is 0. The number of hydrogen-bond acceptors (Lipinski definition) is 5. The van der Waals surface area contributed by atoms with Gasteiger partial charge in [0.1, 0.15) is 12.1 Å². The van der Waals surface area contributed by atoms with Crippen LogP contribution >= 0.6 is 0 Å². The summed E-state index contributed by atoms with van der Waals surface area (Å²) in [5.41, 5.74) is -0.689. The van der Waals surface area contributed by atoms with Crippen molar-refractivity contribution in [3.63, 3.8) is 0 Å².